The average Bonchev–Trinajstić information content (AvgIpc) is 3.21. The van der Waals surface area contributed by atoms with Crippen molar-refractivity contribution in [2.45, 2.75) is 18.7 Å². The SMILES string of the molecule is COc1cc(C)c(C)cc1-n1c(=O)ccc2cc(S(=O)(=O)Nc3ccon3)ccc21. The third kappa shape index (κ3) is 3.43. The Kier molecular flexibility index (Phi) is 4.83. The van der Waals surface area contributed by atoms with E-state index in [1.165, 1.54) is 35.1 Å². The number of hydrogen-bond acceptors (Lipinski definition) is 6. The molecule has 4 rings (SSSR count). The Morgan fingerprint density at radius 3 is 2.50 bits per heavy atom. The molecule has 2 aromatic carbocycles. The van der Waals surface area contributed by atoms with Crippen LogP contribution in [-0.4, -0.2) is 25.3 Å². The van der Waals surface area contributed by atoms with Gasteiger partial charge in [0.2, 0.25) is 0 Å². The molecule has 0 aliphatic rings. The van der Waals surface area contributed by atoms with E-state index >= 15 is 0 Å². The Bertz CT molecular complexity index is 1410. The van der Waals surface area contributed by atoms with Crippen LogP contribution >= 0.6 is 0 Å². The fourth-order valence-corrected chi connectivity index (χ4v) is 4.24. The van der Waals surface area contributed by atoms with Crippen molar-refractivity contribution in [1.29, 1.82) is 0 Å². The van der Waals surface area contributed by atoms with Crippen molar-refractivity contribution in [3.05, 3.63) is 76.3 Å². The first kappa shape index (κ1) is 19.7. The third-order valence-corrected chi connectivity index (χ3v) is 6.24. The summed E-state index contributed by atoms with van der Waals surface area (Å²) in [6.07, 6.45) is 1.27. The summed E-state index contributed by atoms with van der Waals surface area (Å²) in [5.41, 5.74) is 2.94. The van der Waals surface area contributed by atoms with Gasteiger partial charge in [-0.1, -0.05) is 5.16 Å². The number of benzene rings is 2. The smallest absolute Gasteiger partial charge is 0.263 e. The molecule has 0 aliphatic carbocycles. The molecule has 2 aromatic heterocycles. The number of hydrogen-bond donors (Lipinski definition) is 1. The summed E-state index contributed by atoms with van der Waals surface area (Å²) in [7, 11) is -2.33. The van der Waals surface area contributed by atoms with Gasteiger partial charge >= 0.3 is 0 Å². The van der Waals surface area contributed by atoms with Crippen LogP contribution in [-0.2, 0) is 10.0 Å². The molecule has 4 aromatic rings. The Morgan fingerprint density at radius 2 is 1.80 bits per heavy atom. The van der Waals surface area contributed by atoms with E-state index in [-0.39, 0.29) is 16.3 Å². The molecule has 0 radical (unpaired) electrons. The molecule has 0 amide bonds. The number of nitrogens with one attached hydrogen (secondary N) is 1. The molecule has 0 spiro atoms. The number of rotatable bonds is 5. The van der Waals surface area contributed by atoms with Crippen molar-refractivity contribution in [3.63, 3.8) is 0 Å². The molecule has 0 unspecified atom stereocenters. The Morgan fingerprint density at radius 1 is 1.03 bits per heavy atom. The first-order valence-electron chi connectivity index (χ1n) is 9.05. The second-order valence-electron chi connectivity index (χ2n) is 6.83. The Balaban J connectivity index is 1.89. The molecule has 0 fully saturated rings. The number of pyridine rings is 1. The van der Waals surface area contributed by atoms with E-state index in [0.717, 1.165) is 11.1 Å². The van der Waals surface area contributed by atoms with Crippen LogP contribution in [0, 0.1) is 13.8 Å². The number of sulfonamides is 1. The van der Waals surface area contributed by atoms with Gasteiger partial charge in [0.15, 0.2) is 5.82 Å². The molecule has 2 heterocycles. The Labute approximate surface area is 172 Å². The van der Waals surface area contributed by atoms with Gasteiger partial charge in [-0.05, 0) is 61.4 Å². The quantitative estimate of drug-likeness (QED) is 0.526. The van der Waals surface area contributed by atoms with Gasteiger partial charge in [-0.25, -0.2) is 8.42 Å². The highest BCUT2D eigenvalue weighted by molar-refractivity contribution is 7.92. The van der Waals surface area contributed by atoms with Crippen molar-refractivity contribution >= 4 is 26.7 Å². The lowest BCUT2D eigenvalue weighted by molar-refractivity contribution is 0.412. The molecular formula is C21H19N3O5S. The van der Waals surface area contributed by atoms with E-state index in [2.05, 4.69) is 14.4 Å². The van der Waals surface area contributed by atoms with E-state index in [1.54, 1.807) is 19.2 Å². The predicted molar refractivity (Wildman–Crippen MR) is 113 cm³/mol. The van der Waals surface area contributed by atoms with Crippen LogP contribution in [0.15, 0.2) is 69.0 Å². The summed E-state index contributed by atoms with van der Waals surface area (Å²) in [5.74, 6) is 0.636. The maximum Gasteiger partial charge on any atom is 0.263 e. The first-order chi connectivity index (χ1) is 14.3. The van der Waals surface area contributed by atoms with E-state index in [1.807, 2.05) is 26.0 Å². The van der Waals surface area contributed by atoms with E-state index < -0.39 is 10.0 Å². The largest absolute Gasteiger partial charge is 0.495 e. The van der Waals surface area contributed by atoms with Gasteiger partial charge in [0.1, 0.15) is 12.0 Å². The lowest BCUT2D eigenvalue weighted by Gasteiger charge is -2.16. The zero-order valence-electron chi connectivity index (χ0n) is 16.5. The van der Waals surface area contributed by atoms with Crippen molar-refractivity contribution in [1.82, 2.24) is 9.72 Å². The minimum Gasteiger partial charge on any atom is -0.495 e. The van der Waals surface area contributed by atoms with Gasteiger partial charge in [0.05, 0.1) is 23.2 Å². The maximum atomic E-state index is 12.7. The highest BCUT2D eigenvalue weighted by Crippen LogP contribution is 2.29. The number of ether oxygens (including phenoxy) is 1. The van der Waals surface area contributed by atoms with E-state index in [4.69, 9.17) is 4.74 Å². The van der Waals surface area contributed by atoms with Gasteiger partial charge in [-0.2, -0.15) is 0 Å². The summed E-state index contributed by atoms with van der Waals surface area (Å²) in [4.78, 5) is 12.8. The van der Waals surface area contributed by atoms with E-state index in [9.17, 15) is 13.2 Å². The fraction of sp³-hybridized carbons (Fsp3) is 0.143. The molecule has 1 N–H and O–H groups in total. The first-order valence-corrected chi connectivity index (χ1v) is 10.5. The minimum atomic E-state index is -3.87. The van der Waals surface area contributed by atoms with Crippen LogP contribution < -0.4 is 15.0 Å². The van der Waals surface area contributed by atoms with Gasteiger partial charge in [-0.15, -0.1) is 0 Å². The number of aromatic nitrogens is 2. The predicted octanol–water partition coefficient (Wildman–Crippen LogP) is 3.40. The average molecular weight is 425 g/mol. The number of fused-ring (bicyclic) bond motifs is 1. The monoisotopic (exact) mass is 425 g/mol. The molecule has 0 aliphatic heterocycles. The molecule has 9 heteroatoms. The lowest BCUT2D eigenvalue weighted by Crippen LogP contribution is -2.19. The van der Waals surface area contributed by atoms with Crippen LogP contribution in [0.1, 0.15) is 11.1 Å². The van der Waals surface area contributed by atoms with Gasteiger partial charge < -0.3 is 9.26 Å². The minimum absolute atomic E-state index is 0.0373. The normalized spacial score (nSPS) is 11.6. The van der Waals surface area contributed by atoms with Gasteiger partial charge in [0, 0.05) is 17.5 Å². The molecule has 8 nitrogen and oxygen atoms in total. The van der Waals surface area contributed by atoms with Gasteiger partial charge in [-0.3, -0.25) is 14.1 Å². The molecule has 154 valence electrons. The Hall–Kier alpha value is -3.59. The maximum absolute atomic E-state index is 12.7. The number of nitrogens with zero attached hydrogens (tertiary/aromatic N) is 2. The summed E-state index contributed by atoms with van der Waals surface area (Å²) in [5, 5.41) is 4.15. The topological polar surface area (TPSA) is 103 Å². The number of anilines is 1. The summed E-state index contributed by atoms with van der Waals surface area (Å²) in [6.45, 7) is 3.92. The molecule has 0 saturated carbocycles. The molecule has 0 atom stereocenters. The molecule has 0 bridgehead atoms. The zero-order valence-corrected chi connectivity index (χ0v) is 17.4. The van der Waals surface area contributed by atoms with Crippen LogP contribution in [0.3, 0.4) is 0 Å². The van der Waals surface area contributed by atoms with E-state index in [0.29, 0.717) is 22.3 Å². The van der Waals surface area contributed by atoms with Crippen molar-refractivity contribution in [3.8, 4) is 11.4 Å². The zero-order chi connectivity index (χ0) is 21.5. The summed E-state index contributed by atoms with van der Waals surface area (Å²) >= 11 is 0. The fourth-order valence-electron chi connectivity index (χ4n) is 3.21. The number of methoxy groups -OCH3 is 1. The van der Waals surface area contributed by atoms with Crippen LogP contribution in [0.5, 0.6) is 5.75 Å². The standard InChI is InChI=1S/C21H19N3O5S/c1-13-10-18(19(28-3)11-14(13)2)24-17-6-5-16(12-15(17)4-7-21(24)25)30(26,27)23-20-8-9-29-22-20/h4-12H,1-3H3,(H,22,23). The number of aryl methyl sites for hydroxylation is 2. The van der Waals surface area contributed by atoms with Crippen molar-refractivity contribution < 1.29 is 17.7 Å². The highest BCUT2D eigenvalue weighted by atomic mass is 32.2. The molecular weight excluding hydrogens is 406 g/mol. The van der Waals surface area contributed by atoms with Gasteiger partial charge in [0.25, 0.3) is 15.6 Å². The highest BCUT2D eigenvalue weighted by Gasteiger charge is 2.18. The second-order valence-corrected chi connectivity index (χ2v) is 8.51. The van der Waals surface area contributed by atoms with Crippen LogP contribution in [0.4, 0.5) is 5.82 Å². The molecule has 0 saturated heterocycles. The molecule has 30 heavy (non-hydrogen) atoms. The third-order valence-electron chi connectivity index (χ3n) is 4.89. The second kappa shape index (κ2) is 7.34. The van der Waals surface area contributed by atoms with Crippen molar-refractivity contribution in [2.24, 2.45) is 0 Å². The van der Waals surface area contributed by atoms with Crippen LogP contribution in [0.2, 0.25) is 0 Å². The van der Waals surface area contributed by atoms with Crippen LogP contribution in [0.25, 0.3) is 16.6 Å². The van der Waals surface area contributed by atoms with Crippen molar-refractivity contribution in [2.75, 3.05) is 11.8 Å². The summed E-state index contributed by atoms with van der Waals surface area (Å²) in [6, 6.07) is 12.7. The summed E-state index contributed by atoms with van der Waals surface area (Å²) < 4.78 is 39.3. The lowest BCUT2D eigenvalue weighted by atomic mass is 10.1.